The Morgan fingerprint density at radius 2 is 0.875 bits per heavy atom. The number of hydrogen-bond acceptors (Lipinski definition) is 2. The van der Waals surface area contributed by atoms with Gasteiger partial charge in [0.25, 0.3) is 5.92 Å². The highest BCUT2D eigenvalue weighted by atomic mass is 19.4. The number of rotatable bonds is 14. The van der Waals surface area contributed by atoms with Gasteiger partial charge in [0.15, 0.2) is 0 Å². The molecule has 0 atom stereocenters. The molecule has 0 bridgehead atoms. The Labute approximate surface area is 207 Å². The number of carbonyl (C=O) groups is 1. The summed E-state index contributed by atoms with van der Waals surface area (Å²) in [5.41, 5.74) is 0. The van der Waals surface area contributed by atoms with Crippen LogP contribution in [-0.2, 0) is 9.53 Å². The van der Waals surface area contributed by atoms with Crippen LogP contribution >= 0.6 is 0 Å². The van der Waals surface area contributed by atoms with Crippen LogP contribution in [-0.4, -0.2) is 72.1 Å². The van der Waals surface area contributed by atoms with Crippen LogP contribution < -0.4 is 0 Å². The fraction of sp³-hybridized carbons (Fsp3) is 0.824. The van der Waals surface area contributed by atoms with Crippen molar-refractivity contribution in [3.8, 4) is 0 Å². The zero-order valence-corrected chi connectivity index (χ0v) is 18.4. The summed E-state index contributed by atoms with van der Waals surface area (Å²) in [5.74, 6) is -69.8. The molecule has 0 aromatic heterocycles. The molecule has 0 N–H and O–H groups in total. The van der Waals surface area contributed by atoms with Crippen molar-refractivity contribution >= 4 is 5.97 Å². The van der Waals surface area contributed by atoms with Crippen LogP contribution in [0.3, 0.4) is 0 Å². The van der Waals surface area contributed by atoms with Crippen LogP contribution in [0.5, 0.6) is 0 Å². The fourth-order valence-corrected chi connectivity index (χ4v) is 2.50. The lowest BCUT2D eigenvalue weighted by molar-refractivity contribution is -0.442. The third-order valence-corrected chi connectivity index (χ3v) is 4.71. The van der Waals surface area contributed by atoms with Gasteiger partial charge in [-0.1, -0.05) is 6.58 Å². The highest BCUT2D eigenvalue weighted by molar-refractivity contribution is 5.81. The summed E-state index contributed by atoms with van der Waals surface area (Å²) < 4.78 is 281. The van der Waals surface area contributed by atoms with E-state index in [4.69, 9.17) is 0 Å². The number of halogens is 21. The largest absolute Gasteiger partial charge is 0.462 e. The minimum absolute atomic E-state index is 0.241. The van der Waals surface area contributed by atoms with Gasteiger partial charge in [0, 0.05) is 6.08 Å². The van der Waals surface area contributed by atoms with Gasteiger partial charge in [0.1, 0.15) is 0 Å². The van der Waals surface area contributed by atoms with Gasteiger partial charge in [-0.05, 0) is 0 Å². The summed E-state index contributed by atoms with van der Waals surface area (Å²) in [4.78, 5) is 10.6. The van der Waals surface area contributed by atoms with Gasteiger partial charge < -0.3 is 4.74 Å². The molecule has 0 spiro atoms. The number of ether oxygens (including phenoxy) is 1. The van der Waals surface area contributed by atoms with E-state index < -0.39 is 91.3 Å². The van der Waals surface area contributed by atoms with E-state index in [0.29, 0.717) is 0 Å². The Bertz CT molecular complexity index is 917. The maximum absolute atomic E-state index is 13.7. The molecule has 23 heteroatoms. The molecule has 0 unspecified atom stereocenters. The maximum atomic E-state index is 13.7. The highest BCUT2D eigenvalue weighted by Crippen LogP contribution is 2.62. The lowest BCUT2D eigenvalue weighted by Crippen LogP contribution is -2.70. The average molecular weight is 646 g/mol. The molecule has 0 aliphatic carbocycles. The molecule has 2 nitrogen and oxygen atoms in total. The van der Waals surface area contributed by atoms with Crippen LogP contribution in [0.2, 0.25) is 0 Å². The van der Waals surface area contributed by atoms with Crippen LogP contribution in [0.4, 0.5) is 92.2 Å². The zero-order valence-electron chi connectivity index (χ0n) is 18.4. The molecular weight excluding hydrogens is 635 g/mol. The fourth-order valence-electron chi connectivity index (χ4n) is 2.50. The van der Waals surface area contributed by atoms with E-state index in [9.17, 15) is 97.0 Å². The first kappa shape index (κ1) is 37.7. The Kier molecular flexibility index (Phi) is 9.94. The van der Waals surface area contributed by atoms with Crippen molar-refractivity contribution in [2.75, 3.05) is 6.61 Å². The van der Waals surface area contributed by atoms with Gasteiger partial charge in [0.05, 0.1) is 25.9 Å². The molecule has 238 valence electrons. The van der Waals surface area contributed by atoms with E-state index in [-0.39, 0.29) is 6.08 Å². The third-order valence-electron chi connectivity index (χ3n) is 4.71. The van der Waals surface area contributed by atoms with Crippen LogP contribution in [0.1, 0.15) is 19.3 Å². The molecule has 0 rings (SSSR count). The first-order valence-corrected chi connectivity index (χ1v) is 9.38. The van der Waals surface area contributed by atoms with Crippen molar-refractivity contribution in [1.29, 1.82) is 0 Å². The zero-order chi connectivity index (χ0) is 32.8. The first-order valence-electron chi connectivity index (χ1n) is 9.38. The molecule has 0 aliphatic rings. The van der Waals surface area contributed by atoms with Crippen molar-refractivity contribution in [3.05, 3.63) is 12.7 Å². The smallest absolute Gasteiger partial charge is 0.460 e. The number of carbonyl (C=O) groups excluding carboxylic acids is 1. The Morgan fingerprint density at radius 1 is 0.525 bits per heavy atom. The van der Waals surface area contributed by atoms with Crippen LogP contribution in [0.15, 0.2) is 12.7 Å². The molecule has 0 radical (unpaired) electrons. The van der Waals surface area contributed by atoms with Gasteiger partial charge in [-0.15, -0.1) is 0 Å². The van der Waals surface area contributed by atoms with Crippen LogP contribution in [0.25, 0.3) is 0 Å². The maximum Gasteiger partial charge on any atom is 0.460 e. The minimum Gasteiger partial charge on any atom is -0.462 e. The predicted octanol–water partition coefficient (Wildman–Crippen LogP) is 8.17. The van der Waals surface area contributed by atoms with E-state index in [2.05, 4.69) is 11.3 Å². The Balaban J connectivity index is 6.24. The topological polar surface area (TPSA) is 26.3 Å². The summed E-state index contributed by atoms with van der Waals surface area (Å²) in [6.07, 6.45) is -19.2. The summed E-state index contributed by atoms with van der Waals surface area (Å²) >= 11 is 0. The standard InChI is InChI=1S/C17H11F21O2/c1-2-7(39)40-4-3-9(20,21)12(26,27)10(22,23)5-8(18,19)6-11(24,25)13(28,29)14(30,31)15(32,33)16(34,35)17(36,37)38/h2H,1,3-6H2. The molecule has 0 heterocycles. The van der Waals surface area contributed by atoms with Crippen molar-refractivity contribution in [2.45, 2.75) is 78.7 Å². The molecule has 0 aromatic rings. The van der Waals surface area contributed by atoms with Gasteiger partial charge in [-0.25, -0.2) is 13.6 Å². The Morgan fingerprint density at radius 3 is 1.23 bits per heavy atom. The predicted molar refractivity (Wildman–Crippen MR) is 85.6 cm³/mol. The van der Waals surface area contributed by atoms with Crippen molar-refractivity contribution in [2.24, 2.45) is 0 Å². The second-order valence-electron chi connectivity index (χ2n) is 7.81. The van der Waals surface area contributed by atoms with Gasteiger partial charge in [-0.3, -0.25) is 0 Å². The molecular formula is C17H11F21O2. The summed E-state index contributed by atoms with van der Waals surface area (Å²) in [6.45, 7) is 0.861. The van der Waals surface area contributed by atoms with E-state index in [1.807, 2.05) is 0 Å². The first-order chi connectivity index (χ1) is 17.1. The molecule has 0 aromatic carbocycles. The van der Waals surface area contributed by atoms with Gasteiger partial charge in [-0.2, -0.15) is 83.4 Å². The van der Waals surface area contributed by atoms with Gasteiger partial charge in [0.2, 0.25) is 0 Å². The monoisotopic (exact) mass is 646 g/mol. The quantitative estimate of drug-likeness (QED) is 0.108. The van der Waals surface area contributed by atoms with E-state index in [1.165, 1.54) is 0 Å². The minimum atomic E-state index is -8.60. The molecule has 40 heavy (non-hydrogen) atoms. The normalized spacial score (nSPS) is 15.7. The lowest BCUT2D eigenvalue weighted by Gasteiger charge is -2.40. The molecule has 0 amide bonds. The highest BCUT2D eigenvalue weighted by Gasteiger charge is 2.91. The van der Waals surface area contributed by atoms with Crippen molar-refractivity contribution < 1.29 is 102 Å². The van der Waals surface area contributed by atoms with E-state index in [0.717, 1.165) is 0 Å². The van der Waals surface area contributed by atoms with Gasteiger partial charge >= 0.3 is 59.5 Å². The van der Waals surface area contributed by atoms with Crippen LogP contribution in [0, 0.1) is 0 Å². The number of alkyl halides is 21. The molecule has 0 saturated heterocycles. The average Bonchev–Trinajstić information content (AvgIpc) is 2.69. The molecule has 0 saturated carbocycles. The Hall–Kier alpha value is -2.26. The lowest BCUT2D eigenvalue weighted by atomic mass is 9.89. The van der Waals surface area contributed by atoms with Crippen molar-refractivity contribution in [1.82, 2.24) is 0 Å². The second-order valence-corrected chi connectivity index (χ2v) is 7.81. The second kappa shape index (κ2) is 10.5. The summed E-state index contributed by atoms with van der Waals surface area (Å²) in [7, 11) is 0. The number of hydrogen-bond donors (Lipinski definition) is 0. The molecule has 0 aliphatic heterocycles. The van der Waals surface area contributed by atoms with Crippen molar-refractivity contribution in [3.63, 3.8) is 0 Å². The number of esters is 1. The summed E-state index contributed by atoms with van der Waals surface area (Å²) in [5, 5.41) is 0. The molecule has 0 fully saturated rings. The van der Waals surface area contributed by atoms with E-state index in [1.54, 1.807) is 0 Å². The third kappa shape index (κ3) is 6.46. The summed E-state index contributed by atoms with van der Waals surface area (Å²) in [6, 6.07) is 0. The SMILES string of the molecule is C=CC(=O)OCCC(F)(F)C(F)(F)C(F)(F)CC(F)(F)CC(F)(F)C(F)(F)C(F)(F)C(F)(F)C(F)(F)C(F)(F)F. The van der Waals surface area contributed by atoms with E-state index >= 15 is 0 Å².